The largest absolute Gasteiger partial charge is 0.481 e. The first-order valence-corrected chi connectivity index (χ1v) is 13.6. The molecule has 0 aliphatic heterocycles. The zero-order valence-electron chi connectivity index (χ0n) is 18.4. The second-order valence-electron chi connectivity index (χ2n) is 9.95. The van der Waals surface area contributed by atoms with E-state index in [1.807, 2.05) is 0 Å². The van der Waals surface area contributed by atoms with Gasteiger partial charge in [-0.25, -0.2) is 0 Å². The average Bonchev–Trinajstić information content (AvgIpc) is 2.50. The van der Waals surface area contributed by atoms with Crippen LogP contribution in [0.4, 0.5) is 0 Å². The molecule has 4 nitrogen and oxygen atoms in total. The summed E-state index contributed by atoms with van der Waals surface area (Å²) in [6, 6.07) is 0. The highest BCUT2D eigenvalue weighted by atomic mass is 28.4. The van der Waals surface area contributed by atoms with Gasteiger partial charge in [0.25, 0.3) is 0 Å². The average molecular weight is 399 g/mol. The van der Waals surface area contributed by atoms with Gasteiger partial charge in [-0.15, -0.1) is 0 Å². The summed E-state index contributed by atoms with van der Waals surface area (Å²) >= 11 is 0. The molecule has 3 unspecified atom stereocenters. The summed E-state index contributed by atoms with van der Waals surface area (Å²) in [5.74, 6) is -0.680. The second kappa shape index (κ2) is 10.2. The van der Waals surface area contributed by atoms with Gasteiger partial charge in [0.05, 0.1) is 18.1 Å². The van der Waals surface area contributed by atoms with Gasteiger partial charge in [-0.05, 0) is 56.2 Å². The van der Waals surface area contributed by atoms with E-state index in [0.29, 0.717) is 12.8 Å². The molecule has 0 aromatic rings. The molecule has 1 rings (SSSR count). The van der Waals surface area contributed by atoms with Crippen molar-refractivity contribution in [1.29, 1.82) is 0 Å². The highest BCUT2D eigenvalue weighted by molar-refractivity contribution is 6.74. The maximum atomic E-state index is 11.0. The number of aliphatic hydroxyl groups is 1. The Kier molecular flexibility index (Phi) is 9.23. The number of rotatable bonds is 10. The minimum absolute atomic E-state index is 0.118. The predicted molar refractivity (Wildman–Crippen MR) is 115 cm³/mol. The highest BCUT2D eigenvalue weighted by Gasteiger charge is 2.39. The molecule has 0 bridgehead atoms. The number of carbonyl (C=O) groups is 1. The minimum Gasteiger partial charge on any atom is -0.481 e. The van der Waals surface area contributed by atoms with Gasteiger partial charge in [0.1, 0.15) is 0 Å². The van der Waals surface area contributed by atoms with Crippen LogP contribution in [0.1, 0.15) is 85.5 Å². The van der Waals surface area contributed by atoms with Crippen LogP contribution in [0.5, 0.6) is 0 Å². The van der Waals surface area contributed by atoms with Crippen LogP contribution in [0.15, 0.2) is 12.2 Å². The van der Waals surface area contributed by atoms with Crippen molar-refractivity contribution in [1.82, 2.24) is 0 Å². The molecule has 1 saturated carbocycles. The minimum atomic E-state index is -1.84. The third kappa shape index (κ3) is 8.49. The van der Waals surface area contributed by atoms with Crippen LogP contribution in [-0.2, 0) is 9.22 Å². The standard InChI is InChI=1S/C22H42O4Si/c1-7-8-9-12-19(26-27(5,6)21(2,3)4)14-13-18-11-10-15-22(25,16-18)17-20(23)24/h13-14,18-19,25H,7-12,15-17H2,1-6H3,(H,23,24)/b14-13+. The summed E-state index contributed by atoms with van der Waals surface area (Å²) in [6.45, 7) is 13.6. The van der Waals surface area contributed by atoms with Crippen molar-refractivity contribution in [3.8, 4) is 0 Å². The monoisotopic (exact) mass is 398 g/mol. The van der Waals surface area contributed by atoms with Gasteiger partial charge in [-0.3, -0.25) is 4.79 Å². The molecule has 27 heavy (non-hydrogen) atoms. The SMILES string of the molecule is CCCCCC(/C=C/C1CCCC(O)(CC(=O)O)C1)O[Si](C)(C)C(C)(C)C. The normalized spacial score (nSPS) is 25.7. The number of carboxylic acid groups (broad SMARTS) is 1. The van der Waals surface area contributed by atoms with E-state index in [2.05, 4.69) is 52.9 Å². The fourth-order valence-corrected chi connectivity index (χ4v) is 4.92. The van der Waals surface area contributed by atoms with Crippen molar-refractivity contribution in [3.63, 3.8) is 0 Å². The van der Waals surface area contributed by atoms with Crippen LogP contribution in [-0.4, -0.2) is 36.2 Å². The molecule has 0 saturated heterocycles. The Labute approximate surface area is 167 Å². The Bertz CT molecular complexity index is 495. The number of allylic oxidation sites excluding steroid dienone is 1. The summed E-state index contributed by atoms with van der Waals surface area (Å²) in [7, 11) is -1.84. The fourth-order valence-electron chi connectivity index (χ4n) is 3.62. The van der Waals surface area contributed by atoms with Crippen LogP contribution in [0.2, 0.25) is 18.1 Å². The molecular weight excluding hydrogens is 356 g/mol. The molecule has 1 aliphatic rings. The van der Waals surface area contributed by atoms with Gasteiger partial charge < -0.3 is 14.6 Å². The Balaban J connectivity index is 2.79. The molecule has 0 spiro atoms. The maximum Gasteiger partial charge on any atom is 0.306 e. The Hall–Kier alpha value is -0.653. The third-order valence-corrected chi connectivity index (χ3v) is 10.8. The van der Waals surface area contributed by atoms with Crippen molar-refractivity contribution in [2.75, 3.05) is 0 Å². The summed E-state index contributed by atoms with van der Waals surface area (Å²) in [5, 5.41) is 19.8. The molecule has 0 radical (unpaired) electrons. The molecule has 158 valence electrons. The summed E-state index contributed by atoms with van der Waals surface area (Å²) in [5.41, 5.74) is -1.06. The number of carboxylic acids is 1. The van der Waals surface area contributed by atoms with Gasteiger partial charge in [-0.2, -0.15) is 0 Å². The Morgan fingerprint density at radius 1 is 1.33 bits per heavy atom. The van der Waals surface area contributed by atoms with Crippen LogP contribution in [0.3, 0.4) is 0 Å². The first-order valence-electron chi connectivity index (χ1n) is 10.7. The van der Waals surface area contributed by atoms with Crippen molar-refractivity contribution in [3.05, 3.63) is 12.2 Å². The van der Waals surface area contributed by atoms with E-state index in [0.717, 1.165) is 25.7 Å². The first-order chi connectivity index (χ1) is 12.4. The van der Waals surface area contributed by atoms with Gasteiger partial charge >= 0.3 is 5.97 Å². The highest BCUT2D eigenvalue weighted by Crippen LogP contribution is 2.39. The molecule has 5 heteroatoms. The van der Waals surface area contributed by atoms with E-state index >= 15 is 0 Å². The first kappa shape index (κ1) is 24.4. The quantitative estimate of drug-likeness (QED) is 0.273. The van der Waals surface area contributed by atoms with E-state index in [9.17, 15) is 9.90 Å². The molecular formula is C22H42O4Si. The van der Waals surface area contributed by atoms with Gasteiger partial charge in [0.15, 0.2) is 8.32 Å². The number of hydrogen-bond donors (Lipinski definition) is 2. The van der Waals surface area contributed by atoms with E-state index in [1.165, 1.54) is 12.8 Å². The van der Waals surface area contributed by atoms with Gasteiger partial charge in [0.2, 0.25) is 0 Å². The lowest BCUT2D eigenvalue weighted by molar-refractivity contribution is -0.144. The van der Waals surface area contributed by atoms with Crippen LogP contribution in [0.25, 0.3) is 0 Å². The molecule has 0 aromatic carbocycles. The molecule has 1 fully saturated rings. The van der Waals surface area contributed by atoms with Crippen molar-refractivity contribution < 1.29 is 19.4 Å². The van der Waals surface area contributed by atoms with Crippen LogP contribution >= 0.6 is 0 Å². The maximum absolute atomic E-state index is 11.0. The molecule has 0 aromatic heterocycles. The number of unbranched alkanes of at least 4 members (excludes halogenated alkanes) is 2. The zero-order chi connectivity index (χ0) is 20.7. The lowest BCUT2D eigenvalue weighted by Crippen LogP contribution is -2.43. The lowest BCUT2D eigenvalue weighted by Gasteiger charge is -2.39. The lowest BCUT2D eigenvalue weighted by atomic mass is 9.76. The Morgan fingerprint density at radius 3 is 2.56 bits per heavy atom. The molecule has 2 N–H and O–H groups in total. The number of hydrogen-bond acceptors (Lipinski definition) is 3. The topological polar surface area (TPSA) is 66.8 Å². The second-order valence-corrected chi connectivity index (χ2v) is 14.7. The number of aliphatic carboxylic acids is 1. The van der Waals surface area contributed by atoms with E-state index in [-0.39, 0.29) is 23.5 Å². The Morgan fingerprint density at radius 2 is 2.00 bits per heavy atom. The molecule has 1 aliphatic carbocycles. The summed E-state index contributed by atoms with van der Waals surface area (Å²) < 4.78 is 6.65. The van der Waals surface area contributed by atoms with Crippen LogP contribution in [0, 0.1) is 5.92 Å². The third-order valence-electron chi connectivity index (χ3n) is 6.28. The van der Waals surface area contributed by atoms with Crippen molar-refractivity contribution >= 4 is 14.3 Å². The van der Waals surface area contributed by atoms with Crippen molar-refractivity contribution in [2.24, 2.45) is 5.92 Å². The molecule has 0 amide bonds. The molecule has 0 heterocycles. The molecule has 3 atom stereocenters. The smallest absolute Gasteiger partial charge is 0.306 e. The van der Waals surface area contributed by atoms with E-state index in [4.69, 9.17) is 9.53 Å². The zero-order valence-corrected chi connectivity index (χ0v) is 19.4. The van der Waals surface area contributed by atoms with E-state index in [1.54, 1.807) is 0 Å². The van der Waals surface area contributed by atoms with Crippen LogP contribution < -0.4 is 0 Å². The summed E-state index contributed by atoms with van der Waals surface area (Å²) in [4.78, 5) is 11.0. The predicted octanol–water partition coefficient (Wildman–Crippen LogP) is 5.91. The van der Waals surface area contributed by atoms with Crippen molar-refractivity contribution in [2.45, 2.75) is 115 Å². The summed E-state index contributed by atoms with van der Waals surface area (Å²) in [6.07, 6.45) is 12.0. The van der Waals surface area contributed by atoms with Gasteiger partial charge in [0, 0.05) is 0 Å². The van der Waals surface area contributed by atoms with Gasteiger partial charge in [-0.1, -0.05) is 59.1 Å². The van der Waals surface area contributed by atoms with E-state index < -0.39 is 19.9 Å². The fraction of sp³-hybridized carbons (Fsp3) is 0.864.